The number of benzene rings is 1. The van der Waals surface area contributed by atoms with Crippen molar-refractivity contribution in [1.29, 1.82) is 0 Å². The topological polar surface area (TPSA) is 95.7 Å². The van der Waals surface area contributed by atoms with Crippen LogP contribution in [0.15, 0.2) is 18.2 Å². The summed E-state index contributed by atoms with van der Waals surface area (Å²) in [6.07, 6.45) is -0.157. The summed E-state index contributed by atoms with van der Waals surface area (Å²) >= 11 is 0. The molecular formula is C12H17NO5S. The number of carbonyl (C=O) groups excluding carboxylic acids is 1. The van der Waals surface area contributed by atoms with Crippen LogP contribution in [0.25, 0.3) is 0 Å². The van der Waals surface area contributed by atoms with E-state index in [0.29, 0.717) is 17.0 Å². The van der Waals surface area contributed by atoms with Crippen LogP contribution in [0.5, 0.6) is 5.75 Å². The zero-order chi connectivity index (χ0) is 14.5. The third kappa shape index (κ3) is 4.78. The van der Waals surface area contributed by atoms with Gasteiger partial charge >= 0.3 is 5.97 Å². The monoisotopic (exact) mass is 287 g/mol. The first-order valence-electron chi connectivity index (χ1n) is 5.57. The molecule has 0 heterocycles. The van der Waals surface area contributed by atoms with Gasteiger partial charge in [0.25, 0.3) is 0 Å². The minimum atomic E-state index is -3.41. The zero-order valence-electron chi connectivity index (χ0n) is 10.9. The lowest BCUT2D eigenvalue weighted by Crippen LogP contribution is -2.14. The Balaban J connectivity index is 2.80. The van der Waals surface area contributed by atoms with Crippen LogP contribution >= 0.6 is 0 Å². The van der Waals surface area contributed by atoms with Gasteiger partial charge in [0.05, 0.1) is 32.1 Å². The second-order valence-electron chi connectivity index (χ2n) is 3.99. The summed E-state index contributed by atoms with van der Waals surface area (Å²) in [6, 6.07) is 4.77. The van der Waals surface area contributed by atoms with E-state index < -0.39 is 15.8 Å². The molecule has 7 heteroatoms. The second kappa shape index (κ2) is 6.42. The smallest absolute Gasteiger partial charge is 0.306 e. The van der Waals surface area contributed by atoms with Crippen molar-refractivity contribution in [2.24, 2.45) is 0 Å². The first-order valence-corrected chi connectivity index (χ1v) is 7.39. The molecule has 0 atom stereocenters. The van der Waals surface area contributed by atoms with Crippen LogP contribution in [0.2, 0.25) is 0 Å². The molecule has 0 radical (unpaired) electrons. The van der Waals surface area contributed by atoms with Gasteiger partial charge in [-0.3, -0.25) is 4.79 Å². The molecule has 0 saturated carbocycles. The van der Waals surface area contributed by atoms with E-state index in [1.807, 2.05) is 0 Å². The lowest BCUT2D eigenvalue weighted by molar-refractivity contribution is -0.140. The number of nitrogen functional groups attached to an aromatic ring is 1. The van der Waals surface area contributed by atoms with Crippen molar-refractivity contribution in [1.82, 2.24) is 0 Å². The Morgan fingerprint density at radius 3 is 2.58 bits per heavy atom. The largest absolute Gasteiger partial charge is 0.496 e. The van der Waals surface area contributed by atoms with E-state index in [9.17, 15) is 13.2 Å². The highest BCUT2D eigenvalue weighted by molar-refractivity contribution is 7.90. The Labute approximate surface area is 112 Å². The fourth-order valence-electron chi connectivity index (χ4n) is 1.53. The molecule has 6 nitrogen and oxygen atoms in total. The molecule has 0 bridgehead atoms. The SMILES string of the molecule is COC(=O)CCS(=O)(=O)Cc1ccc(N)cc1OC. The summed E-state index contributed by atoms with van der Waals surface area (Å²) in [5.74, 6) is -0.588. The first kappa shape index (κ1) is 15.3. The Hall–Kier alpha value is -1.76. The van der Waals surface area contributed by atoms with Crippen LogP contribution in [0, 0.1) is 0 Å². The van der Waals surface area contributed by atoms with E-state index in [4.69, 9.17) is 10.5 Å². The molecule has 0 aliphatic rings. The summed E-state index contributed by atoms with van der Waals surface area (Å²) in [5, 5.41) is 0. The third-order valence-corrected chi connectivity index (χ3v) is 4.11. The summed E-state index contributed by atoms with van der Waals surface area (Å²) < 4.78 is 33.3. The molecular weight excluding hydrogens is 270 g/mol. The number of nitrogens with two attached hydrogens (primary N) is 1. The van der Waals surface area contributed by atoms with Crippen molar-refractivity contribution >= 4 is 21.5 Å². The Kier molecular flexibility index (Phi) is 5.17. The van der Waals surface area contributed by atoms with E-state index in [2.05, 4.69) is 4.74 Å². The van der Waals surface area contributed by atoms with Crippen molar-refractivity contribution in [3.05, 3.63) is 23.8 Å². The molecule has 1 aromatic carbocycles. The second-order valence-corrected chi connectivity index (χ2v) is 6.17. The molecule has 0 aliphatic carbocycles. The number of sulfone groups is 1. The van der Waals surface area contributed by atoms with E-state index in [-0.39, 0.29) is 17.9 Å². The van der Waals surface area contributed by atoms with E-state index >= 15 is 0 Å². The molecule has 0 fully saturated rings. The lowest BCUT2D eigenvalue weighted by Gasteiger charge is -2.09. The van der Waals surface area contributed by atoms with Crippen molar-refractivity contribution in [2.75, 3.05) is 25.7 Å². The molecule has 0 amide bonds. The van der Waals surface area contributed by atoms with Gasteiger partial charge in [0.1, 0.15) is 5.75 Å². The van der Waals surface area contributed by atoms with Crippen LogP contribution in [-0.2, 0) is 25.1 Å². The normalized spacial score (nSPS) is 11.1. The minimum absolute atomic E-state index is 0.157. The maximum absolute atomic E-state index is 11.9. The van der Waals surface area contributed by atoms with Gasteiger partial charge in [0.15, 0.2) is 9.84 Å². The molecule has 0 aromatic heterocycles. The molecule has 19 heavy (non-hydrogen) atoms. The number of ether oxygens (including phenoxy) is 2. The summed E-state index contributed by atoms with van der Waals surface area (Å²) in [7, 11) is -0.743. The first-order chi connectivity index (χ1) is 8.88. The van der Waals surface area contributed by atoms with Crippen LogP contribution in [0.1, 0.15) is 12.0 Å². The highest BCUT2D eigenvalue weighted by Gasteiger charge is 2.17. The van der Waals surface area contributed by atoms with E-state index in [0.717, 1.165) is 0 Å². The number of methoxy groups -OCH3 is 2. The van der Waals surface area contributed by atoms with Gasteiger partial charge in [-0.15, -0.1) is 0 Å². The van der Waals surface area contributed by atoms with Gasteiger partial charge in [-0.25, -0.2) is 8.42 Å². The van der Waals surface area contributed by atoms with Gasteiger partial charge in [0.2, 0.25) is 0 Å². The number of anilines is 1. The number of rotatable bonds is 6. The predicted octanol–water partition coefficient (Wildman–Crippen LogP) is 0.755. The minimum Gasteiger partial charge on any atom is -0.496 e. The molecule has 0 unspecified atom stereocenters. The van der Waals surface area contributed by atoms with Crippen LogP contribution in [-0.4, -0.2) is 34.4 Å². The Morgan fingerprint density at radius 1 is 1.32 bits per heavy atom. The summed E-state index contributed by atoms with van der Waals surface area (Å²) in [4.78, 5) is 11.0. The number of hydrogen-bond acceptors (Lipinski definition) is 6. The lowest BCUT2D eigenvalue weighted by atomic mass is 10.2. The average molecular weight is 287 g/mol. The van der Waals surface area contributed by atoms with Crippen LogP contribution < -0.4 is 10.5 Å². The molecule has 0 spiro atoms. The van der Waals surface area contributed by atoms with Gasteiger partial charge in [-0.1, -0.05) is 6.07 Å². The zero-order valence-corrected chi connectivity index (χ0v) is 11.7. The molecule has 1 rings (SSSR count). The third-order valence-electron chi connectivity index (χ3n) is 2.53. The Morgan fingerprint density at radius 2 is 2.00 bits per heavy atom. The number of esters is 1. The fourth-order valence-corrected chi connectivity index (χ4v) is 2.86. The fraction of sp³-hybridized carbons (Fsp3) is 0.417. The van der Waals surface area contributed by atoms with Crippen molar-refractivity contribution in [2.45, 2.75) is 12.2 Å². The van der Waals surface area contributed by atoms with Crippen LogP contribution in [0.3, 0.4) is 0 Å². The average Bonchev–Trinajstić information content (AvgIpc) is 2.37. The maximum atomic E-state index is 11.9. The van der Waals surface area contributed by atoms with Crippen LogP contribution in [0.4, 0.5) is 5.69 Å². The van der Waals surface area contributed by atoms with E-state index in [1.165, 1.54) is 14.2 Å². The predicted molar refractivity (Wildman–Crippen MR) is 71.5 cm³/mol. The molecule has 0 aliphatic heterocycles. The molecule has 2 N–H and O–H groups in total. The number of carbonyl (C=O) groups is 1. The summed E-state index contributed by atoms with van der Waals surface area (Å²) in [6.45, 7) is 0. The van der Waals surface area contributed by atoms with Crippen molar-refractivity contribution < 1.29 is 22.7 Å². The van der Waals surface area contributed by atoms with E-state index in [1.54, 1.807) is 18.2 Å². The van der Waals surface area contributed by atoms with Crippen molar-refractivity contribution in [3.63, 3.8) is 0 Å². The van der Waals surface area contributed by atoms with Gasteiger partial charge in [-0.05, 0) is 6.07 Å². The van der Waals surface area contributed by atoms with Gasteiger partial charge < -0.3 is 15.2 Å². The molecule has 1 aromatic rings. The quantitative estimate of drug-likeness (QED) is 0.613. The highest BCUT2D eigenvalue weighted by Crippen LogP contribution is 2.23. The number of hydrogen-bond donors (Lipinski definition) is 1. The highest BCUT2D eigenvalue weighted by atomic mass is 32.2. The standard InChI is InChI=1S/C12H17NO5S/c1-17-11-7-10(13)4-3-9(11)8-19(15,16)6-5-12(14)18-2/h3-4,7H,5-6,8,13H2,1-2H3. The maximum Gasteiger partial charge on any atom is 0.306 e. The molecule has 0 saturated heterocycles. The summed E-state index contributed by atoms with van der Waals surface area (Å²) in [5.41, 5.74) is 6.60. The van der Waals surface area contributed by atoms with Gasteiger partial charge in [-0.2, -0.15) is 0 Å². The van der Waals surface area contributed by atoms with Gasteiger partial charge in [0, 0.05) is 17.3 Å². The molecule has 106 valence electrons. The van der Waals surface area contributed by atoms with Crippen molar-refractivity contribution in [3.8, 4) is 5.75 Å². The Bertz CT molecular complexity index is 553.